The summed E-state index contributed by atoms with van der Waals surface area (Å²) in [4.78, 5) is 11.4. The third-order valence-corrected chi connectivity index (χ3v) is 4.85. The Morgan fingerprint density at radius 3 is 2.80 bits per heavy atom. The summed E-state index contributed by atoms with van der Waals surface area (Å²) in [5.74, 6) is 0. The van der Waals surface area contributed by atoms with Crippen molar-refractivity contribution in [1.29, 1.82) is 0 Å². The molecule has 1 atom stereocenters. The molecule has 0 radical (unpaired) electrons. The highest BCUT2D eigenvalue weighted by atomic mass is 15.3. The summed E-state index contributed by atoms with van der Waals surface area (Å²) in [5, 5.41) is 4.68. The Morgan fingerprint density at radius 1 is 1.16 bits per heavy atom. The van der Waals surface area contributed by atoms with Gasteiger partial charge >= 0.3 is 0 Å². The lowest BCUT2D eigenvalue weighted by molar-refractivity contribution is 0.244. The minimum atomic E-state index is 0.394. The lowest BCUT2D eigenvalue weighted by Gasteiger charge is -2.24. The Hall–Kier alpha value is -2.53. The van der Waals surface area contributed by atoms with Gasteiger partial charge < -0.3 is 0 Å². The highest BCUT2D eigenvalue weighted by molar-refractivity contribution is 5.61. The molecule has 1 aliphatic rings. The first-order valence-electron chi connectivity index (χ1n) is 8.81. The first kappa shape index (κ1) is 16.0. The monoisotopic (exact) mass is 333 g/mol. The van der Waals surface area contributed by atoms with Crippen LogP contribution in [0.3, 0.4) is 0 Å². The van der Waals surface area contributed by atoms with Gasteiger partial charge in [-0.25, -0.2) is 0 Å². The molecule has 0 amide bonds. The van der Waals surface area contributed by atoms with E-state index in [-0.39, 0.29) is 0 Å². The molecule has 3 aromatic heterocycles. The molecule has 4 rings (SSSR count). The van der Waals surface area contributed by atoms with E-state index in [1.54, 1.807) is 0 Å². The zero-order chi connectivity index (χ0) is 17.2. The number of aryl methyl sites for hydroxylation is 2. The van der Waals surface area contributed by atoms with Crippen LogP contribution in [0, 0.1) is 6.92 Å². The predicted octanol–water partition coefficient (Wildman–Crippen LogP) is 3.52. The fourth-order valence-electron chi connectivity index (χ4n) is 3.72. The summed E-state index contributed by atoms with van der Waals surface area (Å²) in [6, 6.07) is 10.8. The minimum Gasteiger partial charge on any atom is -0.290 e. The van der Waals surface area contributed by atoms with E-state index in [9.17, 15) is 0 Å². The molecule has 0 N–H and O–H groups in total. The third-order valence-electron chi connectivity index (χ3n) is 4.85. The molecule has 1 aliphatic heterocycles. The van der Waals surface area contributed by atoms with Gasteiger partial charge in [-0.3, -0.25) is 19.5 Å². The van der Waals surface area contributed by atoms with Crippen LogP contribution in [0.5, 0.6) is 0 Å². The molecule has 0 unspecified atom stereocenters. The maximum absolute atomic E-state index is 4.76. The van der Waals surface area contributed by atoms with E-state index in [0.717, 1.165) is 30.0 Å². The minimum absolute atomic E-state index is 0.394. The van der Waals surface area contributed by atoms with Crippen LogP contribution in [0.15, 0.2) is 48.9 Å². The molecule has 128 valence electrons. The van der Waals surface area contributed by atoms with Crippen molar-refractivity contribution in [2.45, 2.75) is 32.4 Å². The average Bonchev–Trinajstić information content (AvgIpc) is 3.22. The standard InChI is InChI=1S/C20H23N5/c1-15-5-3-6-18(22-15)19-7-4-12-25(19)14-17-13-24(2)23-20(17)16-8-10-21-11-9-16/h3,5-6,8-11,13,19H,4,7,12,14H2,1-2H3/t19-/m0/s1. The largest absolute Gasteiger partial charge is 0.290 e. The van der Waals surface area contributed by atoms with Gasteiger partial charge in [0.15, 0.2) is 0 Å². The van der Waals surface area contributed by atoms with Gasteiger partial charge in [0.1, 0.15) is 0 Å². The van der Waals surface area contributed by atoms with Gasteiger partial charge in [-0.2, -0.15) is 5.10 Å². The van der Waals surface area contributed by atoms with Crippen molar-refractivity contribution in [2.75, 3.05) is 6.54 Å². The molecule has 25 heavy (non-hydrogen) atoms. The summed E-state index contributed by atoms with van der Waals surface area (Å²) < 4.78 is 1.90. The van der Waals surface area contributed by atoms with Gasteiger partial charge in [0.2, 0.25) is 0 Å². The summed E-state index contributed by atoms with van der Waals surface area (Å²) in [5.41, 5.74) is 5.70. The van der Waals surface area contributed by atoms with Crippen molar-refractivity contribution in [1.82, 2.24) is 24.6 Å². The van der Waals surface area contributed by atoms with Gasteiger partial charge in [0, 0.05) is 49.0 Å². The first-order valence-corrected chi connectivity index (χ1v) is 8.81. The van der Waals surface area contributed by atoms with Crippen molar-refractivity contribution in [2.24, 2.45) is 7.05 Å². The molecule has 4 heterocycles. The van der Waals surface area contributed by atoms with Crippen molar-refractivity contribution in [3.63, 3.8) is 0 Å². The summed E-state index contributed by atoms with van der Waals surface area (Å²) >= 11 is 0. The number of likely N-dealkylation sites (tertiary alicyclic amines) is 1. The lowest BCUT2D eigenvalue weighted by Crippen LogP contribution is -2.23. The van der Waals surface area contributed by atoms with Gasteiger partial charge in [0.25, 0.3) is 0 Å². The predicted molar refractivity (Wildman–Crippen MR) is 97.8 cm³/mol. The maximum Gasteiger partial charge on any atom is 0.0969 e. The fourth-order valence-corrected chi connectivity index (χ4v) is 3.72. The van der Waals surface area contributed by atoms with Crippen LogP contribution in [-0.4, -0.2) is 31.2 Å². The Kier molecular flexibility index (Phi) is 4.32. The van der Waals surface area contributed by atoms with Crippen LogP contribution in [0.1, 0.15) is 35.8 Å². The summed E-state index contributed by atoms with van der Waals surface area (Å²) in [6.07, 6.45) is 8.16. The van der Waals surface area contributed by atoms with E-state index < -0.39 is 0 Å². The van der Waals surface area contributed by atoms with Crippen LogP contribution in [0.25, 0.3) is 11.3 Å². The zero-order valence-corrected chi connectivity index (χ0v) is 14.8. The van der Waals surface area contributed by atoms with Gasteiger partial charge in [-0.1, -0.05) is 6.07 Å². The zero-order valence-electron chi connectivity index (χ0n) is 14.8. The number of aromatic nitrogens is 4. The first-order chi connectivity index (χ1) is 12.2. The Labute approximate surface area is 148 Å². The third kappa shape index (κ3) is 3.33. The average molecular weight is 333 g/mol. The molecule has 3 aromatic rings. The number of pyridine rings is 2. The van der Waals surface area contributed by atoms with E-state index in [2.05, 4.69) is 46.3 Å². The molecular weight excluding hydrogens is 310 g/mol. The van der Waals surface area contributed by atoms with E-state index in [4.69, 9.17) is 4.98 Å². The number of nitrogens with zero attached hydrogens (tertiary/aromatic N) is 5. The second kappa shape index (κ2) is 6.76. The normalized spacial score (nSPS) is 17.9. The second-order valence-corrected chi connectivity index (χ2v) is 6.74. The highest BCUT2D eigenvalue weighted by Gasteiger charge is 2.28. The molecule has 0 aromatic carbocycles. The van der Waals surface area contributed by atoms with Crippen LogP contribution >= 0.6 is 0 Å². The van der Waals surface area contributed by atoms with E-state index >= 15 is 0 Å². The smallest absolute Gasteiger partial charge is 0.0969 e. The van der Waals surface area contributed by atoms with E-state index in [0.29, 0.717) is 6.04 Å². The lowest BCUT2D eigenvalue weighted by atomic mass is 10.1. The van der Waals surface area contributed by atoms with Crippen LogP contribution in [-0.2, 0) is 13.6 Å². The van der Waals surface area contributed by atoms with Gasteiger partial charge in [0.05, 0.1) is 17.4 Å². The van der Waals surface area contributed by atoms with Crippen molar-refractivity contribution in [3.8, 4) is 11.3 Å². The molecule has 5 heteroatoms. The van der Waals surface area contributed by atoms with Gasteiger partial charge in [-0.05, 0) is 50.6 Å². The molecule has 0 aliphatic carbocycles. The number of hydrogen-bond acceptors (Lipinski definition) is 4. The topological polar surface area (TPSA) is 46.8 Å². The van der Waals surface area contributed by atoms with Crippen molar-refractivity contribution in [3.05, 3.63) is 65.9 Å². The fraction of sp³-hybridized carbons (Fsp3) is 0.350. The molecule has 0 spiro atoms. The quantitative estimate of drug-likeness (QED) is 0.733. The van der Waals surface area contributed by atoms with Crippen molar-refractivity contribution < 1.29 is 0 Å². The molecular formula is C20H23N5. The Bertz CT molecular complexity index is 856. The Balaban J connectivity index is 1.62. The molecule has 5 nitrogen and oxygen atoms in total. The summed E-state index contributed by atoms with van der Waals surface area (Å²) in [7, 11) is 1.98. The Morgan fingerprint density at radius 2 is 2.00 bits per heavy atom. The van der Waals surface area contributed by atoms with Crippen LogP contribution in [0.4, 0.5) is 0 Å². The van der Waals surface area contributed by atoms with Crippen LogP contribution < -0.4 is 0 Å². The molecule has 1 saturated heterocycles. The molecule has 0 bridgehead atoms. The van der Waals surface area contributed by atoms with Crippen molar-refractivity contribution >= 4 is 0 Å². The summed E-state index contributed by atoms with van der Waals surface area (Å²) in [6.45, 7) is 4.06. The number of hydrogen-bond donors (Lipinski definition) is 0. The highest BCUT2D eigenvalue weighted by Crippen LogP contribution is 2.33. The van der Waals surface area contributed by atoms with E-state index in [1.807, 2.05) is 36.3 Å². The van der Waals surface area contributed by atoms with E-state index in [1.165, 1.54) is 24.1 Å². The SMILES string of the molecule is Cc1cccc([C@@H]2CCCN2Cc2cn(C)nc2-c2ccncc2)n1. The maximum atomic E-state index is 4.76. The molecule has 1 fully saturated rings. The van der Waals surface area contributed by atoms with Crippen LogP contribution in [0.2, 0.25) is 0 Å². The molecule has 0 saturated carbocycles. The number of rotatable bonds is 4. The second-order valence-electron chi connectivity index (χ2n) is 6.74. The van der Waals surface area contributed by atoms with Gasteiger partial charge in [-0.15, -0.1) is 0 Å².